The molecular formula is C21H26N4O5. The van der Waals surface area contributed by atoms with Gasteiger partial charge in [-0.2, -0.15) is 0 Å². The Morgan fingerprint density at radius 2 is 1.63 bits per heavy atom. The van der Waals surface area contributed by atoms with Gasteiger partial charge in [-0.05, 0) is 23.8 Å². The first-order chi connectivity index (χ1) is 14.4. The van der Waals surface area contributed by atoms with E-state index < -0.39 is 11.8 Å². The number of benzene rings is 2. The van der Waals surface area contributed by atoms with Crippen LogP contribution in [0.4, 0.5) is 4.79 Å². The van der Waals surface area contributed by atoms with Crippen molar-refractivity contribution in [1.29, 1.82) is 0 Å². The molecule has 0 aliphatic heterocycles. The predicted octanol–water partition coefficient (Wildman–Crippen LogP) is 1.70. The van der Waals surface area contributed by atoms with E-state index in [4.69, 9.17) is 9.47 Å². The maximum Gasteiger partial charge on any atom is 0.317 e. The highest BCUT2D eigenvalue weighted by molar-refractivity contribution is 5.96. The number of hydrazine groups is 1. The Kier molecular flexibility index (Phi) is 8.49. The maximum atomic E-state index is 12.2. The van der Waals surface area contributed by atoms with Crippen LogP contribution in [0.2, 0.25) is 0 Å². The van der Waals surface area contributed by atoms with Crippen LogP contribution in [-0.4, -0.2) is 50.6 Å². The number of ether oxygens (including phenoxy) is 2. The summed E-state index contributed by atoms with van der Waals surface area (Å²) in [6.45, 7) is 0.594. The van der Waals surface area contributed by atoms with Crippen molar-refractivity contribution in [3.8, 4) is 11.5 Å². The van der Waals surface area contributed by atoms with E-state index in [9.17, 15) is 14.4 Å². The zero-order chi connectivity index (χ0) is 21.9. The Labute approximate surface area is 175 Å². The first kappa shape index (κ1) is 22.5. The summed E-state index contributed by atoms with van der Waals surface area (Å²) >= 11 is 0. The molecule has 0 heterocycles. The van der Waals surface area contributed by atoms with Gasteiger partial charge in [-0.3, -0.25) is 20.4 Å². The molecule has 9 heteroatoms. The normalized spacial score (nSPS) is 9.97. The quantitative estimate of drug-likeness (QED) is 0.570. The molecule has 30 heavy (non-hydrogen) atoms. The Hall–Kier alpha value is -3.75. The highest BCUT2D eigenvalue weighted by Crippen LogP contribution is 2.27. The molecule has 2 aromatic rings. The van der Waals surface area contributed by atoms with Crippen LogP contribution < -0.4 is 25.6 Å². The summed E-state index contributed by atoms with van der Waals surface area (Å²) in [6, 6.07) is 13.9. The minimum absolute atomic E-state index is 0.0110. The molecule has 0 aliphatic rings. The number of hydrogen-bond donors (Lipinski definition) is 3. The van der Waals surface area contributed by atoms with Gasteiger partial charge in [0.15, 0.2) is 11.5 Å². The molecule has 0 spiro atoms. The van der Waals surface area contributed by atoms with Crippen LogP contribution in [0.5, 0.6) is 11.5 Å². The lowest BCUT2D eigenvalue weighted by molar-refractivity contribution is -0.121. The summed E-state index contributed by atoms with van der Waals surface area (Å²) in [7, 11) is 4.63. The van der Waals surface area contributed by atoms with Crippen LogP contribution >= 0.6 is 0 Å². The van der Waals surface area contributed by atoms with Gasteiger partial charge in [0, 0.05) is 32.1 Å². The molecule has 0 bridgehead atoms. The van der Waals surface area contributed by atoms with Gasteiger partial charge >= 0.3 is 6.03 Å². The molecule has 2 rings (SSSR count). The number of carbonyl (C=O) groups is 3. The Balaban J connectivity index is 1.72. The number of hydrogen-bond acceptors (Lipinski definition) is 5. The third-order valence-electron chi connectivity index (χ3n) is 4.20. The van der Waals surface area contributed by atoms with Gasteiger partial charge in [-0.15, -0.1) is 0 Å². The fraction of sp³-hybridized carbons (Fsp3) is 0.286. The van der Waals surface area contributed by atoms with E-state index in [0.29, 0.717) is 23.6 Å². The van der Waals surface area contributed by atoms with E-state index in [0.717, 1.165) is 5.56 Å². The average molecular weight is 414 g/mol. The second kappa shape index (κ2) is 11.3. The van der Waals surface area contributed by atoms with Gasteiger partial charge in [0.1, 0.15) is 0 Å². The third kappa shape index (κ3) is 6.69. The van der Waals surface area contributed by atoms with E-state index in [-0.39, 0.29) is 19.0 Å². The van der Waals surface area contributed by atoms with E-state index >= 15 is 0 Å². The molecule has 4 amide bonds. The summed E-state index contributed by atoms with van der Waals surface area (Å²) in [5.74, 6) is -0.0457. The Morgan fingerprint density at radius 1 is 0.933 bits per heavy atom. The number of carbonyl (C=O) groups excluding carboxylic acids is 3. The van der Waals surface area contributed by atoms with Gasteiger partial charge in [0.05, 0.1) is 14.2 Å². The molecule has 3 N–H and O–H groups in total. The smallest absolute Gasteiger partial charge is 0.317 e. The second-order valence-electron chi connectivity index (χ2n) is 6.40. The summed E-state index contributed by atoms with van der Waals surface area (Å²) in [5, 5.41) is 2.66. The van der Waals surface area contributed by atoms with Crippen molar-refractivity contribution in [2.75, 3.05) is 27.8 Å². The molecule has 0 radical (unpaired) electrons. The summed E-state index contributed by atoms with van der Waals surface area (Å²) in [6.07, 6.45) is 0.0110. The first-order valence-electron chi connectivity index (χ1n) is 9.28. The predicted molar refractivity (Wildman–Crippen MR) is 111 cm³/mol. The molecule has 0 aliphatic carbocycles. The molecule has 0 aromatic heterocycles. The second-order valence-corrected chi connectivity index (χ2v) is 6.40. The van der Waals surface area contributed by atoms with Crippen molar-refractivity contribution in [1.82, 2.24) is 21.1 Å². The molecule has 0 unspecified atom stereocenters. The zero-order valence-electron chi connectivity index (χ0n) is 17.2. The van der Waals surface area contributed by atoms with Crippen molar-refractivity contribution in [3.05, 3.63) is 59.7 Å². The number of nitrogens with one attached hydrogen (secondary N) is 3. The SMILES string of the molecule is COc1ccc(C(=O)NNC(=O)CCNC(=O)N(C)Cc2ccccc2)cc1OC. The van der Waals surface area contributed by atoms with Crippen LogP contribution in [0.25, 0.3) is 0 Å². The van der Waals surface area contributed by atoms with Crippen molar-refractivity contribution >= 4 is 17.8 Å². The average Bonchev–Trinajstić information content (AvgIpc) is 2.77. The summed E-state index contributed by atoms with van der Waals surface area (Å²) in [5.41, 5.74) is 5.94. The largest absolute Gasteiger partial charge is 0.493 e. The summed E-state index contributed by atoms with van der Waals surface area (Å²) < 4.78 is 10.3. The highest BCUT2D eigenvalue weighted by Gasteiger charge is 2.12. The number of rotatable bonds is 8. The number of amides is 4. The van der Waals surface area contributed by atoms with Crippen molar-refractivity contribution in [2.24, 2.45) is 0 Å². The van der Waals surface area contributed by atoms with Crippen LogP contribution in [-0.2, 0) is 11.3 Å². The highest BCUT2D eigenvalue weighted by atomic mass is 16.5. The van der Waals surface area contributed by atoms with Gasteiger partial charge in [0.2, 0.25) is 5.91 Å². The molecule has 0 atom stereocenters. The van der Waals surface area contributed by atoms with E-state index in [2.05, 4.69) is 16.2 Å². The lowest BCUT2D eigenvalue weighted by atomic mass is 10.2. The van der Waals surface area contributed by atoms with E-state index in [1.165, 1.54) is 25.2 Å². The monoisotopic (exact) mass is 414 g/mol. The lowest BCUT2D eigenvalue weighted by Crippen LogP contribution is -2.43. The van der Waals surface area contributed by atoms with Crippen molar-refractivity contribution < 1.29 is 23.9 Å². The number of urea groups is 1. The summed E-state index contributed by atoms with van der Waals surface area (Å²) in [4.78, 5) is 37.7. The standard InChI is InChI=1S/C21H26N4O5/c1-25(14-15-7-5-4-6-8-15)21(28)22-12-11-19(26)23-24-20(27)16-9-10-17(29-2)18(13-16)30-3/h4-10,13H,11-12,14H2,1-3H3,(H,22,28)(H,23,26)(H,24,27). The Morgan fingerprint density at radius 3 is 2.30 bits per heavy atom. The van der Waals surface area contributed by atoms with Gasteiger partial charge in [-0.1, -0.05) is 30.3 Å². The minimum atomic E-state index is -0.504. The van der Waals surface area contributed by atoms with Crippen LogP contribution in [0.15, 0.2) is 48.5 Å². The van der Waals surface area contributed by atoms with Crippen LogP contribution in [0.1, 0.15) is 22.3 Å². The minimum Gasteiger partial charge on any atom is -0.493 e. The molecular weight excluding hydrogens is 388 g/mol. The van der Waals surface area contributed by atoms with Gasteiger partial charge in [-0.25, -0.2) is 4.79 Å². The first-order valence-corrected chi connectivity index (χ1v) is 9.28. The zero-order valence-corrected chi connectivity index (χ0v) is 17.2. The molecule has 0 saturated heterocycles. The van der Waals surface area contributed by atoms with E-state index in [1.807, 2.05) is 30.3 Å². The molecule has 0 saturated carbocycles. The van der Waals surface area contributed by atoms with Crippen molar-refractivity contribution in [3.63, 3.8) is 0 Å². The molecule has 0 fully saturated rings. The van der Waals surface area contributed by atoms with Crippen LogP contribution in [0, 0.1) is 0 Å². The lowest BCUT2D eigenvalue weighted by Gasteiger charge is -2.18. The third-order valence-corrected chi connectivity index (χ3v) is 4.20. The Bertz CT molecular complexity index is 873. The van der Waals surface area contributed by atoms with Gasteiger partial charge < -0.3 is 19.7 Å². The van der Waals surface area contributed by atoms with Crippen molar-refractivity contribution in [2.45, 2.75) is 13.0 Å². The topological polar surface area (TPSA) is 109 Å². The molecule has 9 nitrogen and oxygen atoms in total. The molecule has 2 aromatic carbocycles. The number of nitrogens with zero attached hydrogens (tertiary/aromatic N) is 1. The van der Waals surface area contributed by atoms with Gasteiger partial charge in [0.25, 0.3) is 5.91 Å². The van der Waals surface area contributed by atoms with E-state index in [1.54, 1.807) is 19.2 Å². The fourth-order valence-electron chi connectivity index (χ4n) is 2.59. The number of methoxy groups -OCH3 is 2. The van der Waals surface area contributed by atoms with Crippen LogP contribution in [0.3, 0.4) is 0 Å². The molecule has 160 valence electrons. The fourth-order valence-corrected chi connectivity index (χ4v) is 2.59. The maximum absolute atomic E-state index is 12.2.